The van der Waals surface area contributed by atoms with Gasteiger partial charge in [0, 0.05) is 11.7 Å². The summed E-state index contributed by atoms with van der Waals surface area (Å²) in [5.41, 5.74) is 4.54. The number of hydrogen-bond donors (Lipinski definition) is 2. The Kier molecular flexibility index (Phi) is 4.02. The summed E-state index contributed by atoms with van der Waals surface area (Å²) in [5.74, 6) is -0.265. The van der Waals surface area contributed by atoms with Crippen LogP contribution >= 0.6 is 7.92 Å². The van der Waals surface area contributed by atoms with Gasteiger partial charge < -0.3 is 15.1 Å². The molecule has 2 fully saturated rings. The van der Waals surface area contributed by atoms with Gasteiger partial charge in [0.1, 0.15) is 17.6 Å². The van der Waals surface area contributed by atoms with Crippen molar-refractivity contribution in [2.75, 3.05) is 17.2 Å². The molecule has 0 radical (unpaired) electrons. The van der Waals surface area contributed by atoms with Crippen LogP contribution in [0.1, 0.15) is 13.3 Å². The molecule has 0 aromatic heterocycles. The van der Waals surface area contributed by atoms with E-state index in [1.54, 1.807) is 4.90 Å². The molecule has 3 aliphatic heterocycles. The molecule has 24 heavy (non-hydrogen) atoms. The standard InChI is InChI=1S/C17H20N3O3P/c1-11-9-14(17(22)20(11)12-5-3-2-4-6-12)18-16(21)13-10-15(23-19-13)24-7-8-24/h2-6,10-11,13-14,19H,7-9H2,1H3,(H,18,21). The zero-order chi connectivity index (χ0) is 16.7. The van der Waals surface area contributed by atoms with Gasteiger partial charge in [-0.3, -0.25) is 9.59 Å². The van der Waals surface area contributed by atoms with E-state index in [1.807, 2.05) is 43.3 Å². The van der Waals surface area contributed by atoms with Crippen LogP contribution in [0.5, 0.6) is 0 Å². The lowest BCUT2D eigenvalue weighted by molar-refractivity contribution is -0.128. The van der Waals surface area contributed by atoms with Gasteiger partial charge in [-0.25, -0.2) is 0 Å². The van der Waals surface area contributed by atoms with Gasteiger partial charge in [0.2, 0.25) is 11.8 Å². The summed E-state index contributed by atoms with van der Waals surface area (Å²) >= 11 is 0. The van der Waals surface area contributed by atoms with E-state index in [1.165, 1.54) is 12.3 Å². The van der Waals surface area contributed by atoms with Crippen molar-refractivity contribution in [1.82, 2.24) is 10.8 Å². The van der Waals surface area contributed by atoms with Gasteiger partial charge in [0.25, 0.3) is 0 Å². The number of carbonyl (C=O) groups excluding carboxylic acids is 2. The molecule has 3 heterocycles. The first-order valence-electron chi connectivity index (χ1n) is 8.21. The number of amides is 2. The molecule has 3 aliphatic rings. The Balaban J connectivity index is 1.42. The fourth-order valence-electron chi connectivity index (χ4n) is 3.19. The fraction of sp³-hybridized carbons (Fsp3) is 0.412. The topological polar surface area (TPSA) is 70.7 Å². The molecule has 2 saturated heterocycles. The van der Waals surface area contributed by atoms with Crippen LogP contribution in [0.4, 0.5) is 5.69 Å². The Bertz CT molecular complexity index is 690. The van der Waals surface area contributed by atoms with Crippen LogP contribution in [-0.4, -0.2) is 42.3 Å². The molecule has 2 N–H and O–H groups in total. The van der Waals surface area contributed by atoms with Crippen LogP contribution in [0.2, 0.25) is 0 Å². The van der Waals surface area contributed by atoms with Gasteiger partial charge in [-0.1, -0.05) is 18.2 Å². The number of para-hydroxylation sites is 1. The third kappa shape index (κ3) is 2.92. The van der Waals surface area contributed by atoms with Crippen molar-refractivity contribution in [2.45, 2.75) is 31.5 Å². The highest BCUT2D eigenvalue weighted by atomic mass is 31.1. The van der Waals surface area contributed by atoms with Gasteiger partial charge in [-0.05, 0) is 51.8 Å². The first-order chi connectivity index (χ1) is 11.6. The molecular formula is C17H20N3O3P. The van der Waals surface area contributed by atoms with Crippen molar-refractivity contribution in [3.63, 3.8) is 0 Å². The van der Waals surface area contributed by atoms with Gasteiger partial charge in [-0.2, -0.15) is 0 Å². The predicted molar refractivity (Wildman–Crippen MR) is 92.7 cm³/mol. The normalized spacial score (nSPS) is 29.4. The Labute approximate surface area is 141 Å². The maximum absolute atomic E-state index is 12.7. The summed E-state index contributed by atoms with van der Waals surface area (Å²) < 4.78 is 0. The molecule has 0 bridgehead atoms. The van der Waals surface area contributed by atoms with Gasteiger partial charge in [-0.15, -0.1) is 5.48 Å². The van der Waals surface area contributed by atoms with E-state index in [4.69, 9.17) is 4.84 Å². The Morgan fingerprint density at radius 1 is 1.33 bits per heavy atom. The molecule has 1 aromatic rings. The predicted octanol–water partition coefficient (Wildman–Crippen LogP) is 1.54. The zero-order valence-electron chi connectivity index (χ0n) is 13.4. The van der Waals surface area contributed by atoms with Gasteiger partial charge >= 0.3 is 0 Å². The molecule has 7 heteroatoms. The minimum Gasteiger partial charge on any atom is -0.408 e. The number of rotatable bonds is 4. The van der Waals surface area contributed by atoms with Crippen molar-refractivity contribution >= 4 is 25.4 Å². The second kappa shape index (κ2) is 6.19. The molecule has 3 unspecified atom stereocenters. The van der Waals surface area contributed by atoms with E-state index < -0.39 is 12.1 Å². The number of hydroxylamine groups is 1. The number of carbonyl (C=O) groups is 2. The first kappa shape index (κ1) is 15.6. The molecule has 0 saturated carbocycles. The second-order valence-corrected chi connectivity index (χ2v) is 8.79. The Morgan fingerprint density at radius 3 is 2.79 bits per heavy atom. The Morgan fingerprint density at radius 2 is 2.08 bits per heavy atom. The summed E-state index contributed by atoms with van der Waals surface area (Å²) in [6.45, 7) is 2.00. The number of nitrogens with one attached hydrogen (secondary N) is 2. The summed E-state index contributed by atoms with van der Waals surface area (Å²) in [6.07, 6.45) is 4.83. The van der Waals surface area contributed by atoms with E-state index in [0.29, 0.717) is 6.42 Å². The molecule has 4 rings (SSSR count). The van der Waals surface area contributed by atoms with Crippen molar-refractivity contribution in [3.05, 3.63) is 41.9 Å². The quantitative estimate of drug-likeness (QED) is 0.812. The molecule has 2 amide bonds. The number of anilines is 1. The average Bonchev–Trinajstić information content (AvgIpc) is 3.24. The Hall–Kier alpha value is -1.91. The SMILES string of the molecule is CC1CC(NC(=O)C2C=C(P3CC3)ON2)C(=O)N1c1ccccc1. The number of hydrogen-bond acceptors (Lipinski definition) is 4. The molecule has 0 spiro atoms. The molecule has 1 aromatic carbocycles. The molecule has 126 valence electrons. The lowest BCUT2D eigenvalue weighted by atomic mass is 10.1. The van der Waals surface area contributed by atoms with Crippen molar-refractivity contribution in [2.24, 2.45) is 0 Å². The molecular weight excluding hydrogens is 325 g/mol. The van der Waals surface area contributed by atoms with E-state index in [2.05, 4.69) is 10.8 Å². The minimum absolute atomic E-state index is 0.0546. The molecule has 0 aliphatic carbocycles. The molecule has 3 atom stereocenters. The van der Waals surface area contributed by atoms with E-state index in [-0.39, 0.29) is 25.8 Å². The number of nitrogens with zero attached hydrogens (tertiary/aromatic N) is 1. The largest absolute Gasteiger partial charge is 0.408 e. The maximum Gasteiger partial charge on any atom is 0.249 e. The van der Waals surface area contributed by atoms with Gasteiger partial charge in [0.05, 0.1) is 0 Å². The fourth-order valence-corrected chi connectivity index (χ4v) is 4.57. The van der Waals surface area contributed by atoms with Gasteiger partial charge in [0.15, 0.2) is 0 Å². The second-order valence-electron chi connectivity index (χ2n) is 6.38. The van der Waals surface area contributed by atoms with E-state index >= 15 is 0 Å². The summed E-state index contributed by atoms with van der Waals surface area (Å²) in [5, 5.41) is 2.87. The average molecular weight is 345 g/mol. The highest BCUT2D eigenvalue weighted by molar-refractivity contribution is 7.69. The number of benzene rings is 1. The highest BCUT2D eigenvalue weighted by Gasteiger charge is 2.40. The van der Waals surface area contributed by atoms with Crippen LogP contribution in [-0.2, 0) is 14.4 Å². The lowest BCUT2D eigenvalue weighted by Gasteiger charge is -2.21. The first-order valence-corrected chi connectivity index (χ1v) is 9.92. The van der Waals surface area contributed by atoms with E-state index in [0.717, 1.165) is 11.2 Å². The summed E-state index contributed by atoms with van der Waals surface area (Å²) in [7, 11) is -0.151. The van der Waals surface area contributed by atoms with Crippen LogP contribution in [0.15, 0.2) is 41.9 Å². The maximum atomic E-state index is 12.7. The van der Waals surface area contributed by atoms with Crippen LogP contribution < -0.4 is 15.7 Å². The minimum atomic E-state index is -0.503. The summed E-state index contributed by atoms with van der Waals surface area (Å²) in [4.78, 5) is 32.3. The van der Waals surface area contributed by atoms with Crippen molar-refractivity contribution in [3.8, 4) is 0 Å². The van der Waals surface area contributed by atoms with Crippen LogP contribution in [0.3, 0.4) is 0 Å². The lowest BCUT2D eigenvalue weighted by Crippen LogP contribution is -2.48. The van der Waals surface area contributed by atoms with Crippen LogP contribution in [0.25, 0.3) is 0 Å². The highest BCUT2D eigenvalue weighted by Crippen LogP contribution is 2.58. The monoisotopic (exact) mass is 345 g/mol. The van der Waals surface area contributed by atoms with E-state index in [9.17, 15) is 9.59 Å². The third-order valence-electron chi connectivity index (χ3n) is 4.55. The summed E-state index contributed by atoms with van der Waals surface area (Å²) in [6, 6.07) is 8.63. The van der Waals surface area contributed by atoms with Crippen LogP contribution in [0, 0.1) is 0 Å². The smallest absolute Gasteiger partial charge is 0.249 e. The molecule has 6 nitrogen and oxygen atoms in total. The third-order valence-corrected chi connectivity index (χ3v) is 6.30. The van der Waals surface area contributed by atoms with Crippen molar-refractivity contribution in [1.29, 1.82) is 0 Å². The zero-order valence-corrected chi connectivity index (χ0v) is 14.3. The van der Waals surface area contributed by atoms with Crippen molar-refractivity contribution < 1.29 is 14.4 Å².